The predicted octanol–water partition coefficient (Wildman–Crippen LogP) is 3.17. The van der Waals surface area contributed by atoms with E-state index in [1.165, 1.54) is 19.3 Å². The fraction of sp³-hybridized carbons (Fsp3) is 0.929. The molecular formula is C14H32IN3O. The van der Waals surface area contributed by atoms with Gasteiger partial charge in [-0.1, -0.05) is 19.8 Å². The van der Waals surface area contributed by atoms with Gasteiger partial charge >= 0.3 is 0 Å². The predicted molar refractivity (Wildman–Crippen MR) is 94.6 cm³/mol. The fourth-order valence-electron chi connectivity index (χ4n) is 1.57. The summed E-state index contributed by atoms with van der Waals surface area (Å²) >= 11 is 0. The molecule has 0 aromatic rings. The van der Waals surface area contributed by atoms with Crippen LogP contribution < -0.4 is 10.6 Å². The molecule has 0 bridgehead atoms. The molecule has 116 valence electrons. The summed E-state index contributed by atoms with van der Waals surface area (Å²) in [4.78, 5) is 4.55. The van der Waals surface area contributed by atoms with Crippen LogP contribution in [-0.4, -0.2) is 38.8 Å². The highest BCUT2D eigenvalue weighted by Gasteiger charge is 1.96. The summed E-state index contributed by atoms with van der Waals surface area (Å²) in [5, 5.41) is 6.63. The molecule has 19 heavy (non-hydrogen) atoms. The highest BCUT2D eigenvalue weighted by Crippen LogP contribution is 1.93. The molecule has 0 aliphatic rings. The lowest BCUT2D eigenvalue weighted by atomic mass is 10.2. The molecule has 0 spiro atoms. The van der Waals surface area contributed by atoms with E-state index in [2.05, 4.69) is 29.5 Å². The SMILES string of the molecule is CCCCCN=C(NCC)NCCCCOCC.I. The van der Waals surface area contributed by atoms with Crippen molar-refractivity contribution in [3.8, 4) is 0 Å². The Bertz CT molecular complexity index is 201. The maximum absolute atomic E-state index is 5.31. The minimum absolute atomic E-state index is 0. The van der Waals surface area contributed by atoms with Crippen molar-refractivity contribution in [2.45, 2.75) is 52.9 Å². The molecule has 0 atom stereocenters. The molecular weight excluding hydrogens is 353 g/mol. The van der Waals surface area contributed by atoms with Gasteiger partial charge < -0.3 is 15.4 Å². The number of hydrogen-bond donors (Lipinski definition) is 2. The van der Waals surface area contributed by atoms with Crippen LogP contribution in [0.25, 0.3) is 0 Å². The second-order valence-electron chi connectivity index (χ2n) is 4.30. The van der Waals surface area contributed by atoms with Crippen LogP contribution in [0, 0.1) is 0 Å². The second kappa shape index (κ2) is 18.0. The molecule has 0 fully saturated rings. The summed E-state index contributed by atoms with van der Waals surface area (Å²) < 4.78 is 5.31. The third-order valence-corrected chi connectivity index (χ3v) is 2.59. The van der Waals surface area contributed by atoms with Crippen LogP contribution in [0.4, 0.5) is 0 Å². The van der Waals surface area contributed by atoms with Gasteiger partial charge in [0.2, 0.25) is 0 Å². The van der Waals surface area contributed by atoms with Gasteiger partial charge in [-0.2, -0.15) is 0 Å². The first kappa shape index (κ1) is 21.3. The highest BCUT2D eigenvalue weighted by molar-refractivity contribution is 14.0. The zero-order chi connectivity index (χ0) is 13.5. The molecule has 0 heterocycles. The average molecular weight is 385 g/mol. The van der Waals surface area contributed by atoms with Gasteiger partial charge in [0, 0.05) is 32.8 Å². The maximum atomic E-state index is 5.31. The van der Waals surface area contributed by atoms with Crippen molar-refractivity contribution in [1.82, 2.24) is 10.6 Å². The lowest BCUT2D eigenvalue weighted by molar-refractivity contribution is 0.143. The van der Waals surface area contributed by atoms with Crippen LogP contribution in [0.1, 0.15) is 52.9 Å². The molecule has 0 aromatic heterocycles. The summed E-state index contributed by atoms with van der Waals surface area (Å²) in [7, 11) is 0. The van der Waals surface area contributed by atoms with Gasteiger partial charge in [-0.15, -0.1) is 24.0 Å². The molecule has 0 saturated heterocycles. The van der Waals surface area contributed by atoms with Gasteiger partial charge in [-0.25, -0.2) is 0 Å². The standard InChI is InChI=1S/C14H31N3O.HI/c1-4-7-8-11-16-14(15-5-2)17-12-9-10-13-18-6-3;/h4-13H2,1-3H3,(H2,15,16,17);1H. The van der Waals surface area contributed by atoms with Gasteiger partial charge in [0.1, 0.15) is 0 Å². The van der Waals surface area contributed by atoms with E-state index in [0.29, 0.717) is 0 Å². The first-order chi connectivity index (χ1) is 8.85. The summed E-state index contributed by atoms with van der Waals surface area (Å²) in [6, 6.07) is 0. The third-order valence-electron chi connectivity index (χ3n) is 2.59. The number of ether oxygens (including phenoxy) is 1. The van der Waals surface area contributed by atoms with Gasteiger partial charge in [0.25, 0.3) is 0 Å². The Morgan fingerprint density at radius 1 is 1.00 bits per heavy atom. The lowest BCUT2D eigenvalue weighted by Crippen LogP contribution is -2.37. The zero-order valence-electron chi connectivity index (χ0n) is 12.8. The quantitative estimate of drug-likeness (QED) is 0.249. The first-order valence-electron chi connectivity index (χ1n) is 7.45. The smallest absolute Gasteiger partial charge is 0.191 e. The molecule has 0 radical (unpaired) electrons. The first-order valence-corrected chi connectivity index (χ1v) is 7.45. The normalized spacial score (nSPS) is 11.0. The Hall–Kier alpha value is -0.0400. The fourth-order valence-corrected chi connectivity index (χ4v) is 1.57. The van der Waals surface area contributed by atoms with Crippen LogP contribution in [0.2, 0.25) is 0 Å². The molecule has 2 N–H and O–H groups in total. The average Bonchev–Trinajstić information content (AvgIpc) is 2.38. The number of halogens is 1. The molecule has 4 nitrogen and oxygen atoms in total. The van der Waals surface area contributed by atoms with Crippen molar-refractivity contribution in [3.63, 3.8) is 0 Å². The van der Waals surface area contributed by atoms with Crippen molar-refractivity contribution in [3.05, 3.63) is 0 Å². The molecule has 0 saturated carbocycles. The maximum Gasteiger partial charge on any atom is 0.191 e. The van der Waals surface area contributed by atoms with E-state index in [4.69, 9.17) is 4.74 Å². The Morgan fingerprint density at radius 2 is 1.79 bits per heavy atom. The number of nitrogens with one attached hydrogen (secondary N) is 2. The van der Waals surface area contributed by atoms with E-state index >= 15 is 0 Å². The van der Waals surface area contributed by atoms with Crippen LogP contribution in [-0.2, 0) is 4.74 Å². The number of unbranched alkanes of at least 4 members (excludes halogenated alkanes) is 3. The number of guanidine groups is 1. The lowest BCUT2D eigenvalue weighted by Gasteiger charge is -2.11. The molecule has 0 unspecified atom stereocenters. The number of rotatable bonds is 11. The largest absolute Gasteiger partial charge is 0.382 e. The monoisotopic (exact) mass is 385 g/mol. The number of nitrogens with zero attached hydrogens (tertiary/aromatic N) is 1. The Labute approximate surface area is 136 Å². The van der Waals surface area contributed by atoms with Crippen molar-refractivity contribution in [1.29, 1.82) is 0 Å². The summed E-state index contributed by atoms with van der Waals surface area (Å²) in [6.45, 7) is 10.8. The van der Waals surface area contributed by atoms with Gasteiger partial charge in [0.05, 0.1) is 0 Å². The Balaban J connectivity index is 0. The Kier molecular flexibility index (Phi) is 20.1. The van der Waals surface area contributed by atoms with Crippen LogP contribution in [0.5, 0.6) is 0 Å². The van der Waals surface area contributed by atoms with Crippen LogP contribution in [0.3, 0.4) is 0 Å². The van der Waals surface area contributed by atoms with Gasteiger partial charge in [-0.05, 0) is 33.1 Å². The molecule has 0 amide bonds. The summed E-state index contributed by atoms with van der Waals surface area (Å²) in [5.74, 6) is 0.949. The molecule has 5 heteroatoms. The van der Waals surface area contributed by atoms with Crippen LogP contribution >= 0.6 is 24.0 Å². The van der Waals surface area contributed by atoms with E-state index in [9.17, 15) is 0 Å². The van der Waals surface area contributed by atoms with Crippen molar-refractivity contribution in [2.75, 3.05) is 32.8 Å². The minimum atomic E-state index is 0. The van der Waals surface area contributed by atoms with E-state index in [0.717, 1.165) is 51.6 Å². The molecule has 0 aliphatic carbocycles. The van der Waals surface area contributed by atoms with Gasteiger partial charge in [-0.3, -0.25) is 4.99 Å². The van der Waals surface area contributed by atoms with E-state index in [-0.39, 0.29) is 24.0 Å². The van der Waals surface area contributed by atoms with Crippen molar-refractivity contribution >= 4 is 29.9 Å². The zero-order valence-corrected chi connectivity index (χ0v) is 15.2. The van der Waals surface area contributed by atoms with Gasteiger partial charge in [0.15, 0.2) is 5.96 Å². The molecule has 0 aromatic carbocycles. The molecule has 0 rings (SSSR count). The molecule has 0 aliphatic heterocycles. The van der Waals surface area contributed by atoms with E-state index < -0.39 is 0 Å². The summed E-state index contributed by atoms with van der Waals surface area (Å²) in [6.07, 6.45) is 5.92. The highest BCUT2D eigenvalue weighted by atomic mass is 127. The van der Waals surface area contributed by atoms with E-state index in [1.807, 2.05) is 6.92 Å². The summed E-state index contributed by atoms with van der Waals surface area (Å²) in [5.41, 5.74) is 0. The Morgan fingerprint density at radius 3 is 2.42 bits per heavy atom. The van der Waals surface area contributed by atoms with E-state index in [1.54, 1.807) is 0 Å². The third kappa shape index (κ3) is 15.9. The topological polar surface area (TPSA) is 45.7 Å². The van der Waals surface area contributed by atoms with Crippen LogP contribution in [0.15, 0.2) is 4.99 Å². The van der Waals surface area contributed by atoms with Crippen molar-refractivity contribution < 1.29 is 4.74 Å². The van der Waals surface area contributed by atoms with Crippen molar-refractivity contribution in [2.24, 2.45) is 4.99 Å². The second-order valence-corrected chi connectivity index (χ2v) is 4.30. The number of aliphatic imine (C=N–C) groups is 1. The number of hydrogen-bond acceptors (Lipinski definition) is 2. The minimum Gasteiger partial charge on any atom is -0.382 e.